The van der Waals surface area contributed by atoms with Gasteiger partial charge >= 0.3 is 6.18 Å². The van der Waals surface area contributed by atoms with Gasteiger partial charge in [-0.25, -0.2) is 9.97 Å². The van der Waals surface area contributed by atoms with Crippen molar-refractivity contribution >= 4 is 0 Å². The maximum absolute atomic E-state index is 12.4. The van der Waals surface area contributed by atoms with Crippen LogP contribution in [0, 0.1) is 0 Å². The van der Waals surface area contributed by atoms with Gasteiger partial charge in [0.05, 0.1) is 5.69 Å². The van der Waals surface area contributed by atoms with E-state index in [1.54, 1.807) is 0 Å². The third-order valence-corrected chi connectivity index (χ3v) is 3.21. The third kappa shape index (κ3) is 1.48. The molecule has 0 aliphatic carbocycles. The standard InChI is InChI=1S/C10H10F3N3/c11-10(12,13)9-14-4-6-7-2-1-5(15-7)3-8(6)16-9/h4-5,7,15H,1-3H2. The highest BCUT2D eigenvalue weighted by Gasteiger charge is 2.38. The minimum absolute atomic E-state index is 0.149. The van der Waals surface area contributed by atoms with Crippen LogP contribution in [0.3, 0.4) is 0 Å². The Morgan fingerprint density at radius 1 is 1.31 bits per heavy atom. The van der Waals surface area contributed by atoms with Crippen LogP contribution in [0.5, 0.6) is 0 Å². The van der Waals surface area contributed by atoms with E-state index in [0.29, 0.717) is 12.1 Å². The molecule has 2 unspecified atom stereocenters. The normalized spacial score (nSPS) is 27.9. The number of nitrogens with zero attached hydrogens (tertiary/aromatic N) is 2. The second kappa shape index (κ2) is 3.16. The molecule has 2 aliphatic rings. The highest BCUT2D eigenvalue weighted by Crippen LogP contribution is 2.36. The first-order valence-electron chi connectivity index (χ1n) is 5.23. The molecule has 2 bridgehead atoms. The Bertz CT molecular complexity index is 430. The fourth-order valence-corrected chi connectivity index (χ4v) is 2.48. The van der Waals surface area contributed by atoms with Gasteiger partial charge in [0.2, 0.25) is 5.82 Å². The molecule has 16 heavy (non-hydrogen) atoms. The summed E-state index contributed by atoms with van der Waals surface area (Å²) < 4.78 is 37.3. The summed E-state index contributed by atoms with van der Waals surface area (Å²) in [5.41, 5.74) is 1.40. The molecular weight excluding hydrogens is 219 g/mol. The zero-order valence-corrected chi connectivity index (χ0v) is 8.38. The Hall–Kier alpha value is -1.17. The summed E-state index contributed by atoms with van der Waals surface area (Å²) in [7, 11) is 0. The number of alkyl halides is 3. The summed E-state index contributed by atoms with van der Waals surface area (Å²) in [5, 5.41) is 3.34. The van der Waals surface area contributed by atoms with Gasteiger partial charge in [-0.1, -0.05) is 0 Å². The molecule has 86 valence electrons. The summed E-state index contributed by atoms with van der Waals surface area (Å²) in [6.45, 7) is 0. The molecule has 6 heteroatoms. The molecule has 3 nitrogen and oxygen atoms in total. The molecule has 2 aliphatic heterocycles. The van der Waals surface area contributed by atoms with E-state index in [1.807, 2.05) is 0 Å². The number of rotatable bonds is 0. The molecule has 3 rings (SSSR count). The Morgan fingerprint density at radius 3 is 2.88 bits per heavy atom. The number of fused-ring (bicyclic) bond motifs is 4. The second-order valence-electron chi connectivity index (χ2n) is 4.29. The van der Waals surface area contributed by atoms with Gasteiger partial charge in [-0.2, -0.15) is 13.2 Å². The molecule has 1 fully saturated rings. The number of hydrogen-bond donors (Lipinski definition) is 1. The lowest BCUT2D eigenvalue weighted by molar-refractivity contribution is -0.145. The fourth-order valence-electron chi connectivity index (χ4n) is 2.48. The Morgan fingerprint density at radius 2 is 2.12 bits per heavy atom. The van der Waals surface area contributed by atoms with Crippen LogP contribution in [0.2, 0.25) is 0 Å². The molecule has 1 N–H and O–H groups in total. The van der Waals surface area contributed by atoms with Gasteiger partial charge in [0.25, 0.3) is 0 Å². The van der Waals surface area contributed by atoms with Crippen LogP contribution in [0.15, 0.2) is 6.20 Å². The van der Waals surface area contributed by atoms with E-state index in [2.05, 4.69) is 15.3 Å². The molecule has 1 aromatic heterocycles. The zero-order valence-electron chi connectivity index (χ0n) is 8.38. The quantitative estimate of drug-likeness (QED) is 0.737. The van der Waals surface area contributed by atoms with Crippen molar-refractivity contribution in [2.75, 3.05) is 0 Å². The van der Waals surface area contributed by atoms with E-state index in [0.717, 1.165) is 18.4 Å². The fraction of sp³-hybridized carbons (Fsp3) is 0.600. The first-order valence-corrected chi connectivity index (χ1v) is 5.23. The van der Waals surface area contributed by atoms with Gasteiger partial charge in [-0.15, -0.1) is 0 Å². The lowest BCUT2D eigenvalue weighted by Crippen LogP contribution is -2.33. The van der Waals surface area contributed by atoms with Crippen LogP contribution >= 0.6 is 0 Å². The first-order chi connectivity index (χ1) is 7.54. The van der Waals surface area contributed by atoms with Crippen LogP contribution in [-0.4, -0.2) is 16.0 Å². The van der Waals surface area contributed by atoms with Crippen LogP contribution in [0.1, 0.15) is 36.0 Å². The lowest BCUT2D eigenvalue weighted by Gasteiger charge is -2.23. The van der Waals surface area contributed by atoms with E-state index >= 15 is 0 Å². The molecule has 1 saturated heterocycles. The van der Waals surface area contributed by atoms with Crippen molar-refractivity contribution in [3.05, 3.63) is 23.3 Å². The molecule has 2 atom stereocenters. The van der Waals surface area contributed by atoms with E-state index in [1.165, 1.54) is 6.20 Å². The molecule has 0 amide bonds. The Kier molecular flexibility index (Phi) is 1.98. The van der Waals surface area contributed by atoms with E-state index in [4.69, 9.17) is 0 Å². The second-order valence-corrected chi connectivity index (χ2v) is 4.29. The summed E-state index contributed by atoms with van der Waals surface area (Å²) in [5.74, 6) is -1.02. The molecule has 3 heterocycles. The van der Waals surface area contributed by atoms with Crippen molar-refractivity contribution in [2.24, 2.45) is 0 Å². The molecule has 0 aromatic carbocycles. The minimum atomic E-state index is -4.45. The Labute approximate surface area is 90.1 Å². The SMILES string of the molecule is FC(F)(F)c1ncc2c(n1)CC1CCC2N1. The molecule has 0 saturated carbocycles. The predicted molar refractivity (Wildman–Crippen MR) is 49.6 cm³/mol. The van der Waals surface area contributed by atoms with Crippen LogP contribution in [0.25, 0.3) is 0 Å². The average Bonchev–Trinajstić information content (AvgIpc) is 2.59. The maximum Gasteiger partial charge on any atom is 0.451 e. The molecule has 0 radical (unpaired) electrons. The summed E-state index contributed by atoms with van der Waals surface area (Å²) in [6, 6.07) is 0.435. The van der Waals surface area contributed by atoms with Crippen LogP contribution in [-0.2, 0) is 12.6 Å². The van der Waals surface area contributed by atoms with Crippen molar-refractivity contribution in [2.45, 2.75) is 37.5 Å². The zero-order chi connectivity index (χ0) is 11.3. The topological polar surface area (TPSA) is 37.8 Å². The van der Waals surface area contributed by atoms with E-state index < -0.39 is 12.0 Å². The van der Waals surface area contributed by atoms with Crippen LogP contribution < -0.4 is 5.32 Å². The molecular formula is C10H10F3N3. The third-order valence-electron chi connectivity index (χ3n) is 3.21. The summed E-state index contributed by atoms with van der Waals surface area (Å²) >= 11 is 0. The lowest BCUT2D eigenvalue weighted by atomic mass is 10.0. The van der Waals surface area contributed by atoms with Gasteiger partial charge < -0.3 is 5.32 Å². The largest absolute Gasteiger partial charge is 0.451 e. The van der Waals surface area contributed by atoms with Crippen molar-refractivity contribution in [1.29, 1.82) is 0 Å². The number of hydrogen-bond acceptors (Lipinski definition) is 3. The minimum Gasteiger partial charge on any atom is -0.307 e. The van der Waals surface area contributed by atoms with Gasteiger partial charge in [-0.05, 0) is 12.8 Å². The molecule has 1 aromatic rings. The highest BCUT2D eigenvalue weighted by atomic mass is 19.4. The van der Waals surface area contributed by atoms with Gasteiger partial charge in [-0.3, -0.25) is 0 Å². The summed E-state index contributed by atoms with van der Waals surface area (Å²) in [6.07, 6.45) is -0.574. The maximum atomic E-state index is 12.4. The highest BCUT2D eigenvalue weighted by molar-refractivity contribution is 5.28. The van der Waals surface area contributed by atoms with Gasteiger partial charge in [0, 0.05) is 30.3 Å². The smallest absolute Gasteiger partial charge is 0.307 e. The van der Waals surface area contributed by atoms with Crippen molar-refractivity contribution in [3.63, 3.8) is 0 Å². The van der Waals surface area contributed by atoms with Crippen molar-refractivity contribution < 1.29 is 13.2 Å². The monoisotopic (exact) mass is 229 g/mol. The predicted octanol–water partition coefficient (Wildman–Crippen LogP) is 1.84. The van der Waals surface area contributed by atoms with Gasteiger partial charge in [0.1, 0.15) is 0 Å². The number of aromatic nitrogens is 2. The number of halogens is 3. The van der Waals surface area contributed by atoms with E-state index in [-0.39, 0.29) is 12.1 Å². The summed E-state index contributed by atoms with van der Waals surface area (Å²) in [4.78, 5) is 7.05. The van der Waals surface area contributed by atoms with Crippen molar-refractivity contribution in [3.8, 4) is 0 Å². The van der Waals surface area contributed by atoms with E-state index in [9.17, 15) is 13.2 Å². The van der Waals surface area contributed by atoms with Crippen molar-refractivity contribution in [1.82, 2.24) is 15.3 Å². The number of nitrogens with one attached hydrogen (secondary N) is 1. The first kappa shape index (κ1) is 10.0. The Balaban J connectivity index is 2.04. The van der Waals surface area contributed by atoms with Crippen LogP contribution in [0.4, 0.5) is 13.2 Å². The van der Waals surface area contributed by atoms with Gasteiger partial charge in [0.15, 0.2) is 0 Å². The average molecular weight is 229 g/mol. The molecule has 0 spiro atoms.